The molecular weight excluding hydrogens is 238 g/mol. The minimum absolute atomic E-state index is 0.604. The third-order valence-corrected chi connectivity index (χ3v) is 3.88. The van der Waals surface area contributed by atoms with E-state index in [-0.39, 0.29) is 0 Å². The van der Waals surface area contributed by atoms with Gasteiger partial charge in [-0.3, -0.25) is 4.90 Å². The summed E-state index contributed by atoms with van der Waals surface area (Å²) < 4.78 is 5.36. The molecule has 1 aliphatic heterocycles. The molecule has 19 heavy (non-hydrogen) atoms. The lowest BCUT2D eigenvalue weighted by molar-refractivity contribution is 0.101. The van der Waals surface area contributed by atoms with Crippen LogP contribution in [0.15, 0.2) is 10.6 Å². The maximum absolute atomic E-state index is 5.36. The molecule has 0 bridgehead atoms. The highest BCUT2D eigenvalue weighted by atomic mass is 16.5. The summed E-state index contributed by atoms with van der Waals surface area (Å²) in [5.74, 6) is 1.73. The third kappa shape index (κ3) is 4.05. The van der Waals surface area contributed by atoms with E-state index < -0.39 is 0 Å². The molecule has 2 atom stereocenters. The van der Waals surface area contributed by atoms with Crippen molar-refractivity contribution >= 4 is 0 Å². The lowest BCUT2D eigenvalue weighted by Crippen LogP contribution is -2.56. The number of nitrogens with one attached hydrogen (secondary N) is 1. The SMILES string of the molecule is CCC1CNC(CC(C)C)CN1Cc1cc(C)no1. The third-order valence-electron chi connectivity index (χ3n) is 3.88. The summed E-state index contributed by atoms with van der Waals surface area (Å²) in [6, 6.07) is 3.26. The first kappa shape index (κ1) is 14.5. The Morgan fingerprint density at radius 3 is 2.89 bits per heavy atom. The fourth-order valence-electron chi connectivity index (χ4n) is 2.94. The van der Waals surface area contributed by atoms with E-state index in [4.69, 9.17) is 4.52 Å². The Bertz CT molecular complexity index is 388. The van der Waals surface area contributed by atoms with Crippen molar-refractivity contribution in [2.75, 3.05) is 13.1 Å². The number of piperazine rings is 1. The van der Waals surface area contributed by atoms with E-state index in [1.165, 1.54) is 12.8 Å². The Morgan fingerprint density at radius 2 is 2.32 bits per heavy atom. The van der Waals surface area contributed by atoms with Gasteiger partial charge in [0, 0.05) is 31.2 Å². The van der Waals surface area contributed by atoms with E-state index in [0.29, 0.717) is 12.1 Å². The molecular formula is C15H27N3O. The summed E-state index contributed by atoms with van der Waals surface area (Å²) >= 11 is 0. The van der Waals surface area contributed by atoms with Gasteiger partial charge in [0.1, 0.15) is 0 Å². The van der Waals surface area contributed by atoms with Gasteiger partial charge in [-0.05, 0) is 25.7 Å². The molecule has 1 saturated heterocycles. The van der Waals surface area contributed by atoms with Crippen molar-refractivity contribution in [1.82, 2.24) is 15.4 Å². The quantitative estimate of drug-likeness (QED) is 0.888. The van der Waals surface area contributed by atoms with Gasteiger partial charge in [0.2, 0.25) is 0 Å². The molecule has 4 heteroatoms. The molecule has 1 aromatic rings. The van der Waals surface area contributed by atoms with E-state index in [0.717, 1.165) is 37.0 Å². The first-order valence-corrected chi connectivity index (χ1v) is 7.48. The van der Waals surface area contributed by atoms with E-state index in [2.05, 4.69) is 36.1 Å². The van der Waals surface area contributed by atoms with Crippen LogP contribution in [0.25, 0.3) is 0 Å². The van der Waals surface area contributed by atoms with Crippen molar-refractivity contribution in [1.29, 1.82) is 0 Å². The zero-order chi connectivity index (χ0) is 13.8. The molecule has 0 amide bonds. The Hall–Kier alpha value is -0.870. The molecule has 1 aromatic heterocycles. The van der Waals surface area contributed by atoms with Gasteiger partial charge in [0.25, 0.3) is 0 Å². The summed E-state index contributed by atoms with van der Waals surface area (Å²) in [5.41, 5.74) is 0.969. The van der Waals surface area contributed by atoms with Gasteiger partial charge in [-0.1, -0.05) is 25.9 Å². The predicted octanol–water partition coefficient (Wildman–Crippen LogP) is 2.58. The highest BCUT2D eigenvalue weighted by Crippen LogP contribution is 2.18. The van der Waals surface area contributed by atoms with Gasteiger partial charge < -0.3 is 9.84 Å². The highest BCUT2D eigenvalue weighted by molar-refractivity contribution is 5.03. The van der Waals surface area contributed by atoms with Gasteiger partial charge >= 0.3 is 0 Å². The maximum atomic E-state index is 5.36. The smallest absolute Gasteiger partial charge is 0.150 e. The van der Waals surface area contributed by atoms with Crippen LogP contribution < -0.4 is 5.32 Å². The number of rotatable bonds is 5. The lowest BCUT2D eigenvalue weighted by atomic mass is 9.99. The topological polar surface area (TPSA) is 41.3 Å². The number of nitrogens with zero attached hydrogens (tertiary/aromatic N) is 2. The average molecular weight is 265 g/mol. The van der Waals surface area contributed by atoms with Gasteiger partial charge in [-0.2, -0.15) is 0 Å². The zero-order valence-electron chi connectivity index (χ0n) is 12.6. The predicted molar refractivity (Wildman–Crippen MR) is 77.0 cm³/mol. The average Bonchev–Trinajstić information content (AvgIpc) is 2.74. The molecule has 1 N–H and O–H groups in total. The van der Waals surface area contributed by atoms with Crippen molar-refractivity contribution < 1.29 is 4.52 Å². The van der Waals surface area contributed by atoms with Crippen molar-refractivity contribution in [2.45, 2.75) is 59.2 Å². The fraction of sp³-hybridized carbons (Fsp3) is 0.800. The summed E-state index contributed by atoms with van der Waals surface area (Å²) in [6.45, 7) is 11.9. The first-order valence-electron chi connectivity index (χ1n) is 7.48. The second kappa shape index (κ2) is 6.53. The Labute approximate surface area is 116 Å². The van der Waals surface area contributed by atoms with Crippen LogP contribution in [-0.4, -0.2) is 35.2 Å². The number of hydrogen-bond donors (Lipinski definition) is 1. The minimum atomic E-state index is 0.604. The van der Waals surface area contributed by atoms with Crippen molar-refractivity contribution in [2.24, 2.45) is 5.92 Å². The standard InChI is InChI=1S/C15H27N3O/c1-5-14-8-16-13(6-11(2)3)9-18(14)10-15-7-12(4)17-19-15/h7,11,13-14,16H,5-6,8-10H2,1-4H3. The van der Waals surface area contributed by atoms with Gasteiger partial charge in [-0.25, -0.2) is 0 Å². The maximum Gasteiger partial charge on any atom is 0.150 e. The number of aromatic nitrogens is 1. The molecule has 0 saturated carbocycles. The number of hydrogen-bond acceptors (Lipinski definition) is 4. The summed E-state index contributed by atoms with van der Waals surface area (Å²) in [6.07, 6.45) is 2.41. The van der Waals surface area contributed by atoms with Crippen LogP contribution in [0.2, 0.25) is 0 Å². The van der Waals surface area contributed by atoms with E-state index in [9.17, 15) is 0 Å². The summed E-state index contributed by atoms with van der Waals surface area (Å²) in [4.78, 5) is 2.55. The molecule has 4 nitrogen and oxygen atoms in total. The van der Waals surface area contributed by atoms with Crippen LogP contribution in [0.3, 0.4) is 0 Å². The van der Waals surface area contributed by atoms with Crippen LogP contribution in [0.5, 0.6) is 0 Å². The Kier molecular flexibility index (Phi) is 4.99. The normalized spacial score (nSPS) is 25.1. The van der Waals surface area contributed by atoms with E-state index in [1.54, 1.807) is 0 Å². The summed E-state index contributed by atoms with van der Waals surface area (Å²) in [7, 11) is 0. The highest BCUT2D eigenvalue weighted by Gasteiger charge is 2.27. The van der Waals surface area contributed by atoms with Crippen LogP contribution >= 0.6 is 0 Å². The van der Waals surface area contributed by atoms with Crippen molar-refractivity contribution in [3.63, 3.8) is 0 Å². The zero-order valence-corrected chi connectivity index (χ0v) is 12.6. The molecule has 0 aromatic carbocycles. The molecule has 0 aliphatic carbocycles. The molecule has 0 radical (unpaired) electrons. The van der Waals surface area contributed by atoms with Crippen LogP contribution in [-0.2, 0) is 6.54 Å². The summed E-state index contributed by atoms with van der Waals surface area (Å²) in [5, 5.41) is 7.67. The minimum Gasteiger partial charge on any atom is -0.360 e. The van der Waals surface area contributed by atoms with Gasteiger partial charge in [-0.15, -0.1) is 0 Å². The molecule has 2 rings (SSSR count). The monoisotopic (exact) mass is 265 g/mol. The molecule has 1 aliphatic rings. The molecule has 108 valence electrons. The molecule has 2 heterocycles. The van der Waals surface area contributed by atoms with Crippen LogP contribution in [0, 0.1) is 12.8 Å². The fourth-order valence-corrected chi connectivity index (χ4v) is 2.94. The first-order chi connectivity index (χ1) is 9.08. The Balaban J connectivity index is 1.97. The second-order valence-corrected chi connectivity index (χ2v) is 6.16. The van der Waals surface area contributed by atoms with Crippen LogP contribution in [0.1, 0.15) is 45.1 Å². The molecule has 1 fully saturated rings. The van der Waals surface area contributed by atoms with E-state index >= 15 is 0 Å². The van der Waals surface area contributed by atoms with Crippen LogP contribution in [0.4, 0.5) is 0 Å². The second-order valence-electron chi connectivity index (χ2n) is 6.16. The van der Waals surface area contributed by atoms with E-state index in [1.807, 2.05) is 13.0 Å². The molecule has 2 unspecified atom stereocenters. The van der Waals surface area contributed by atoms with Crippen molar-refractivity contribution in [3.05, 3.63) is 17.5 Å². The lowest BCUT2D eigenvalue weighted by Gasteiger charge is -2.40. The molecule has 0 spiro atoms. The van der Waals surface area contributed by atoms with Gasteiger partial charge in [0.15, 0.2) is 5.76 Å². The largest absolute Gasteiger partial charge is 0.360 e. The Morgan fingerprint density at radius 1 is 1.53 bits per heavy atom. The number of aryl methyl sites for hydroxylation is 1. The van der Waals surface area contributed by atoms with Gasteiger partial charge in [0.05, 0.1) is 12.2 Å². The van der Waals surface area contributed by atoms with Crippen molar-refractivity contribution in [3.8, 4) is 0 Å².